The van der Waals surface area contributed by atoms with Crippen molar-refractivity contribution in [1.29, 1.82) is 0 Å². The molecule has 2 N–H and O–H groups in total. The molecule has 0 spiro atoms. The van der Waals surface area contributed by atoms with Crippen LogP contribution >= 0.6 is 23.2 Å². The van der Waals surface area contributed by atoms with E-state index in [-0.39, 0.29) is 11.9 Å². The summed E-state index contributed by atoms with van der Waals surface area (Å²) in [6.45, 7) is 3.80. The fraction of sp³-hybridized carbons (Fsp3) is 0.409. The Labute approximate surface area is 176 Å². The monoisotopic (exact) mass is 417 g/mol. The van der Waals surface area contributed by atoms with Gasteiger partial charge in [0.2, 0.25) is 5.91 Å². The normalized spacial score (nSPS) is 19.6. The molecule has 1 fully saturated rings. The number of nitrogens with two attached hydrogens (primary N) is 1. The third kappa shape index (κ3) is 4.14. The van der Waals surface area contributed by atoms with E-state index in [1.807, 2.05) is 17.0 Å². The molecule has 1 atom stereocenters. The molecule has 1 saturated heterocycles. The number of hydrogen-bond donors (Lipinski definition) is 1. The summed E-state index contributed by atoms with van der Waals surface area (Å²) in [4.78, 5) is 17.7. The minimum Gasteiger partial charge on any atom is -0.399 e. The van der Waals surface area contributed by atoms with Crippen LogP contribution in [0.1, 0.15) is 35.6 Å². The second kappa shape index (κ2) is 8.32. The molecule has 4 nitrogen and oxygen atoms in total. The van der Waals surface area contributed by atoms with Crippen LogP contribution in [0.25, 0.3) is 0 Å². The van der Waals surface area contributed by atoms with Crippen molar-refractivity contribution in [1.82, 2.24) is 9.80 Å². The lowest BCUT2D eigenvalue weighted by Gasteiger charge is -2.39. The summed E-state index contributed by atoms with van der Waals surface area (Å²) in [5.41, 5.74) is 10.2. The number of anilines is 1. The molecule has 148 valence electrons. The molecule has 1 unspecified atom stereocenters. The van der Waals surface area contributed by atoms with Crippen LogP contribution in [-0.2, 0) is 17.6 Å². The van der Waals surface area contributed by atoms with E-state index in [0.29, 0.717) is 16.5 Å². The second-order valence-corrected chi connectivity index (χ2v) is 8.56. The third-order valence-electron chi connectivity index (χ3n) is 5.82. The number of carbonyl (C=O) groups is 1. The topological polar surface area (TPSA) is 49.6 Å². The maximum Gasteiger partial charge on any atom is 0.227 e. The molecular formula is C22H25Cl2N3O. The summed E-state index contributed by atoms with van der Waals surface area (Å²) >= 11 is 12.1. The number of fused-ring (bicyclic) bond motifs is 1. The minimum atomic E-state index is 0.0422. The lowest BCUT2D eigenvalue weighted by atomic mass is 9.91. The number of likely N-dealkylation sites (tertiary alicyclic amines) is 1. The Bertz CT molecular complexity index is 880. The van der Waals surface area contributed by atoms with Gasteiger partial charge < -0.3 is 15.5 Å². The van der Waals surface area contributed by atoms with Crippen molar-refractivity contribution in [3.8, 4) is 0 Å². The number of halogens is 2. The zero-order valence-electron chi connectivity index (χ0n) is 15.8. The van der Waals surface area contributed by atoms with Crippen molar-refractivity contribution in [2.24, 2.45) is 0 Å². The van der Waals surface area contributed by atoms with Crippen LogP contribution in [0.4, 0.5) is 5.69 Å². The lowest BCUT2D eigenvalue weighted by molar-refractivity contribution is -0.133. The van der Waals surface area contributed by atoms with Crippen molar-refractivity contribution in [3.63, 3.8) is 0 Å². The van der Waals surface area contributed by atoms with E-state index < -0.39 is 0 Å². The quantitative estimate of drug-likeness (QED) is 0.752. The van der Waals surface area contributed by atoms with Crippen LogP contribution < -0.4 is 5.73 Å². The number of benzene rings is 2. The van der Waals surface area contributed by atoms with Gasteiger partial charge in [-0.2, -0.15) is 0 Å². The van der Waals surface area contributed by atoms with Gasteiger partial charge in [0, 0.05) is 18.8 Å². The number of rotatable bonds is 4. The second-order valence-electron chi connectivity index (χ2n) is 7.74. The summed E-state index contributed by atoms with van der Waals surface area (Å²) in [5, 5.41) is 0.990. The molecule has 0 saturated carbocycles. The fourth-order valence-electron chi connectivity index (χ4n) is 4.35. The van der Waals surface area contributed by atoms with Crippen LogP contribution in [0.5, 0.6) is 0 Å². The highest BCUT2D eigenvalue weighted by Crippen LogP contribution is 2.33. The highest BCUT2D eigenvalue weighted by atomic mass is 35.5. The van der Waals surface area contributed by atoms with E-state index in [9.17, 15) is 4.79 Å². The first kappa shape index (κ1) is 19.6. The molecule has 1 amide bonds. The average molecular weight is 418 g/mol. The molecule has 2 aromatic carbocycles. The molecule has 0 aromatic heterocycles. The molecule has 0 radical (unpaired) electrons. The zero-order chi connectivity index (χ0) is 19.7. The first-order valence-electron chi connectivity index (χ1n) is 9.85. The van der Waals surface area contributed by atoms with Gasteiger partial charge in [0.05, 0.1) is 22.5 Å². The van der Waals surface area contributed by atoms with Crippen molar-refractivity contribution in [2.45, 2.75) is 31.7 Å². The maximum atomic E-state index is 13.2. The first-order chi connectivity index (χ1) is 13.5. The van der Waals surface area contributed by atoms with E-state index in [1.54, 1.807) is 12.1 Å². The third-order valence-corrected chi connectivity index (χ3v) is 6.56. The first-order valence-corrected chi connectivity index (χ1v) is 10.6. The lowest BCUT2D eigenvalue weighted by Crippen LogP contribution is -2.45. The molecule has 28 heavy (non-hydrogen) atoms. The molecule has 4 rings (SSSR count). The molecule has 2 aliphatic heterocycles. The van der Waals surface area contributed by atoms with E-state index in [1.165, 1.54) is 24.0 Å². The number of amides is 1. The van der Waals surface area contributed by atoms with Crippen LogP contribution in [0.15, 0.2) is 36.4 Å². The predicted octanol–water partition coefficient (Wildman–Crippen LogP) is 4.34. The minimum absolute atomic E-state index is 0.0422. The number of nitrogens with zero attached hydrogens (tertiary/aromatic N) is 2. The fourth-order valence-corrected chi connectivity index (χ4v) is 4.67. The average Bonchev–Trinajstić information content (AvgIpc) is 3.18. The summed E-state index contributed by atoms with van der Waals surface area (Å²) in [7, 11) is 0. The van der Waals surface area contributed by atoms with Crippen molar-refractivity contribution in [2.75, 3.05) is 31.9 Å². The summed E-state index contributed by atoms with van der Waals surface area (Å²) in [6.07, 6.45) is 3.64. The van der Waals surface area contributed by atoms with E-state index >= 15 is 0 Å². The van der Waals surface area contributed by atoms with Gasteiger partial charge in [-0.25, -0.2) is 0 Å². The molecule has 2 heterocycles. The summed E-state index contributed by atoms with van der Waals surface area (Å²) in [5.74, 6) is 0.121. The van der Waals surface area contributed by atoms with Crippen LogP contribution in [-0.4, -0.2) is 41.9 Å². The van der Waals surface area contributed by atoms with Crippen LogP contribution in [0.2, 0.25) is 10.0 Å². The smallest absolute Gasteiger partial charge is 0.227 e. The van der Waals surface area contributed by atoms with Gasteiger partial charge in [-0.3, -0.25) is 4.79 Å². The zero-order valence-corrected chi connectivity index (χ0v) is 17.3. The van der Waals surface area contributed by atoms with E-state index in [4.69, 9.17) is 28.9 Å². The molecule has 6 heteroatoms. The molecule has 2 aromatic rings. The van der Waals surface area contributed by atoms with Gasteiger partial charge >= 0.3 is 0 Å². The SMILES string of the molecule is Nc1ccc2c(c1)C(CN1CCCC1)N(C(=O)Cc1ccc(Cl)c(Cl)c1)CC2. The summed E-state index contributed by atoms with van der Waals surface area (Å²) < 4.78 is 0. The van der Waals surface area contributed by atoms with Crippen LogP contribution in [0.3, 0.4) is 0 Å². The van der Waals surface area contributed by atoms with Crippen molar-refractivity contribution < 1.29 is 4.79 Å². The van der Waals surface area contributed by atoms with Crippen LogP contribution in [0, 0.1) is 0 Å². The summed E-state index contributed by atoms with van der Waals surface area (Å²) in [6, 6.07) is 11.6. The molecule has 0 aliphatic carbocycles. The Balaban J connectivity index is 1.59. The van der Waals surface area contributed by atoms with Gasteiger partial charge in [0.1, 0.15) is 0 Å². The Kier molecular flexibility index (Phi) is 5.81. The van der Waals surface area contributed by atoms with E-state index in [0.717, 1.165) is 43.9 Å². The highest BCUT2D eigenvalue weighted by Gasteiger charge is 2.32. The largest absolute Gasteiger partial charge is 0.399 e. The Hall–Kier alpha value is -1.75. The van der Waals surface area contributed by atoms with Gasteiger partial charge in [0.15, 0.2) is 0 Å². The van der Waals surface area contributed by atoms with Gasteiger partial charge in [-0.05, 0) is 73.3 Å². The Morgan fingerprint density at radius 2 is 1.82 bits per heavy atom. The van der Waals surface area contributed by atoms with Gasteiger partial charge in [-0.1, -0.05) is 35.3 Å². The molecule has 0 bridgehead atoms. The van der Waals surface area contributed by atoms with Gasteiger partial charge in [-0.15, -0.1) is 0 Å². The predicted molar refractivity (Wildman–Crippen MR) is 115 cm³/mol. The number of hydrogen-bond acceptors (Lipinski definition) is 3. The Morgan fingerprint density at radius 3 is 2.57 bits per heavy atom. The molecule has 2 aliphatic rings. The van der Waals surface area contributed by atoms with Crippen molar-refractivity contribution in [3.05, 3.63) is 63.1 Å². The van der Waals surface area contributed by atoms with E-state index in [2.05, 4.69) is 17.0 Å². The van der Waals surface area contributed by atoms with Crippen molar-refractivity contribution >= 4 is 34.8 Å². The standard InChI is InChI=1S/C22H25Cl2N3O/c23-19-6-3-15(11-20(19)24)12-22(28)27-10-7-16-4-5-17(25)13-18(16)21(27)14-26-8-1-2-9-26/h3-6,11,13,21H,1-2,7-10,12,14,25H2. The van der Waals surface area contributed by atoms with Gasteiger partial charge in [0.25, 0.3) is 0 Å². The Morgan fingerprint density at radius 1 is 1.04 bits per heavy atom. The maximum absolute atomic E-state index is 13.2. The number of nitrogen functional groups attached to an aromatic ring is 1. The highest BCUT2D eigenvalue weighted by molar-refractivity contribution is 6.42. The molecular weight excluding hydrogens is 393 g/mol. The number of carbonyl (C=O) groups excluding carboxylic acids is 1.